The van der Waals surface area contributed by atoms with Crippen LogP contribution in [0.25, 0.3) is 10.4 Å². The fourth-order valence-electron chi connectivity index (χ4n) is 7.23. The molecule has 2 N–H and O–H groups in total. The van der Waals surface area contributed by atoms with Crippen molar-refractivity contribution >= 4 is 18.5 Å². The Hall–Kier alpha value is -3.96. The standard InChI is InChI=1S/C34H30F2O2Si/c1-19-31(27-17-21(35)13-15-29(27)37)23-9-5-7-11-25(23)33(19)39(3,4)34-20(2)32(24-10-6-8-12-26(24)34)28-18-22(36)14-16-30(28)38/h5-18,31-32,37-38H,1-4H3. The number of phenolic OH excluding ortho intramolecular Hbond substituents is 2. The van der Waals surface area contributed by atoms with Crippen molar-refractivity contribution in [2.24, 2.45) is 0 Å². The van der Waals surface area contributed by atoms with Gasteiger partial charge in [0.1, 0.15) is 31.2 Å². The highest BCUT2D eigenvalue weighted by atomic mass is 28.3. The smallest absolute Gasteiger partial charge is 0.123 e. The van der Waals surface area contributed by atoms with Gasteiger partial charge in [0.25, 0.3) is 0 Å². The fourth-order valence-corrected chi connectivity index (χ4v) is 11.5. The van der Waals surface area contributed by atoms with Crippen LogP contribution in [-0.4, -0.2) is 18.3 Å². The molecule has 4 aromatic rings. The van der Waals surface area contributed by atoms with Crippen molar-refractivity contribution in [2.45, 2.75) is 38.8 Å². The summed E-state index contributed by atoms with van der Waals surface area (Å²) >= 11 is 0. The maximum atomic E-state index is 14.4. The Labute approximate surface area is 228 Å². The van der Waals surface area contributed by atoms with Crippen LogP contribution in [0.1, 0.15) is 59.1 Å². The number of rotatable bonds is 4. The zero-order valence-electron chi connectivity index (χ0n) is 22.4. The monoisotopic (exact) mass is 536 g/mol. The van der Waals surface area contributed by atoms with Gasteiger partial charge >= 0.3 is 0 Å². The summed E-state index contributed by atoms with van der Waals surface area (Å²) in [6.45, 7) is 8.87. The van der Waals surface area contributed by atoms with Crippen LogP contribution in [0.5, 0.6) is 11.5 Å². The van der Waals surface area contributed by atoms with Crippen molar-refractivity contribution < 1.29 is 19.0 Å². The van der Waals surface area contributed by atoms with Crippen molar-refractivity contribution in [3.63, 3.8) is 0 Å². The lowest BCUT2D eigenvalue weighted by atomic mass is 9.88. The maximum absolute atomic E-state index is 14.4. The van der Waals surface area contributed by atoms with Crippen LogP contribution in [-0.2, 0) is 0 Å². The minimum atomic E-state index is -2.47. The number of halogens is 2. The molecule has 0 bridgehead atoms. The van der Waals surface area contributed by atoms with E-state index < -0.39 is 8.07 Å². The Morgan fingerprint density at radius 3 is 1.36 bits per heavy atom. The summed E-state index contributed by atoms with van der Waals surface area (Å²) in [7, 11) is -2.47. The molecule has 0 saturated carbocycles. The van der Waals surface area contributed by atoms with E-state index in [1.807, 2.05) is 24.3 Å². The van der Waals surface area contributed by atoms with Gasteiger partial charge in [0.15, 0.2) is 0 Å². The second kappa shape index (κ2) is 9.06. The Bertz CT molecular complexity index is 1590. The average molecular weight is 537 g/mol. The maximum Gasteiger partial charge on any atom is 0.123 e. The van der Waals surface area contributed by atoms with E-state index in [0.29, 0.717) is 11.1 Å². The van der Waals surface area contributed by atoms with Gasteiger partial charge in [-0.1, -0.05) is 72.8 Å². The zero-order valence-corrected chi connectivity index (χ0v) is 23.4. The Balaban J connectivity index is 1.59. The molecule has 0 aliphatic heterocycles. The molecule has 0 spiro atoms. The van der Waals surface area contributed by atoms with Gasteiger partial charge in [0.2, 0.25) is 0 Å². The first-order valence-electron chi connectivity index (χ1n) is 13.2. The fraction of sp³-hybridized carbons (Fsp3) is 0.176. The molecule has 2 atom stereocenters. The molecule has 2 aliphatic carbocycles. The highest BCUT2D eigenvalue weighted by Crippen LogP contribution is 2.57. The number of allylic oxidation sites excluding steroid dienone is 2. The number of hydrogen-bond donors (Lipinski definition) is 2. The van der Waals surface area contributed by atoms with E-state index in [1.54, 1.807) is 0 Å². The molecule has 0 heterocycles. The predicted molar refractivity (Wildman–Crippen MR) is 155 cm³/mol. The van der Waals surface area contributed by atoms with E-state index in [2.05, 4.69) is 51.2 Å². The van der Waals surface area contributed by atoms with E-state index in [4.69, 9.17) is 0 Å². The van der Waals surface area contributed by atoms with E-state index >= 15 is 0 Å². The molecule has 2 unspecified atom stereocenters. The molecule has 0 radical (unpaired) electrons. The van der Waals surface area contributed by atoms with Crippen LogP contribution in [0, 0.1) is 11.6 Å². The molecule has 5 heteroatoms. The Morgan fingerprint density at radius 1 is 0.564 bits per heavy atom. The zero-order chi connectivity index (χ0) is 27.6. The SMILES string of the molecule is CC1=C([Si](C)(C)C2=C(C)C(c3cc(F)ccc3O)c3ccccc32)c2ccccc2C1c1cc(F)ccc1O. The lowest BCUT2D eigenvalue weighted by molar-refractivity contribution is 0.464. The van der Waals surface area contributed by atoms with Crippen LogP contribution < -0.4 is 0 Å². The van der Waals surface area contributed by atoms with E-state index in [1.165, 1.54) is 46.8 Å². The van der Waals surface area contributed by atoms with Crippen LogP contribution >= 0.6 is 0 Å². The van der Waals surface area contributed by atoms with Gasteiger partial charge in [-0.15, -0.1) is 0 Å². The molecule has 2 aliphatic rings. The minimum Gasteiger partial charge on any atom is -0.508 e. The third-order valence-corrected chi connectivity index (χ3v) is 12.4. The average Bonchev–Trinajstić information content (AvgIpc) is 3.37. The molecule has 6 rings (SSSR count). The van der Waals surface area contributed by atoms with Crippen molar-refractivity contribution in [1.29, 1.82) is 0 Å². The highest BCUT2D eigenvalue weighted by Gasteiger charge is 2.45. The summed E-state index contributed by atoms with van der Waals surface area (Å²) in [6, 6.07) is 24.7. The van der Waals surface area contributed by atoms with Crippen LogP contribution in [0.2, 0.25) is 13.1 Å². The summed E-state index contributed by atoms with van der Waals surface area (Å²) < 4.78 is 28.8. The van der Waals surface area contributed by atoms with Crippen molar-refractivity contribution in [1.82, 2.24) is 0 Å². The van der Waals surface area contributed by atoms with Crippen LogP contribution in [0.4, 0.5) is 8.78 Å². The Morgan fingerprint density at radius 2 is 0.949 bits per heavy atom. The molecule has 196 valence electrons. The first-order chi connectivity index (χ1) is 18.6. The van der Waals surface area contributed by atoms with Gasteiger partial charge in [0.05, 0.1) is 0 Å². The number of hydrogen-bond acceptors (Lipinski definition) is 2. The summed E-state index contributed by atoms with van der Waals surface area (Å²) in [5.41, 5.74) is 7.77. The topological polar surface area (TPSA) is 40.5 Å². The molecule has 0 fully saturated rings. The van der Waals surface area contributed by atoms with E-state index in [0.717, 1.165) is 33.4 Å². The van der Waals surface area contributed by atoms with Gasteiger partial charge in [0, 0.05) is 23.0 Å². The van der Waals surface area contributed by atoms with Crippen LogP contribution in [0.15, 0.2) is 96.1 Å². The molecule has 0 saturated heterocycles. The molecular weight excluding hydrogens is 506 g/mol. The number of fused-ring (bicyclic) bond motifs is 2. The van der Waals surface area contributed by atoms with E-state index in [9.17, 15) is 19.0 Å². The third kappa shape index (κ3) is 3.79. The van der Waals surface area contributed by atoms with Gasteiger partial charge in [-0.3, -0.25) is 0 Å². The lowest BCUT2D eigenvalue weighted by Gasteiger charge is -2.30. The van der Waals surface area contributed by atoms with Crippen molar-refractivity contribution in [3.05, 3.63) is 141 Å². The lowest BCUT2D eigenvalue weighted by Crippen LogP contribution is -2.31. The molecular formula is C34H30F2O2Si. The second-order valence-electron chi connectivity index (χ2n) is 11.2. The molecule has 4 aromatic carbocycles. The van der Waals surface area contributed by atoms with Crippen molar-refractivity contribution in [3.8, 4) is 11.5 Å². The number of phenols is 2. The molecule has 39 heavy (non-hydrogen) atoms. The normalized spacial score (nSPS) is 18.5. The summed E-state index contributed by atoms with van der Waals surface area (Å²) in [4.78, 5) is 0. The van der Waals surface area contributed by atoms with Crippen LogP contribution in [0.3, 0.4) is 0 Å². The summed E-state index contributed by atoms with van der Waals surface area (Å²) in [5, 5.41) is 24.1. The Kier molecular flexibility index (Phi) is 5.88. The molecule has 2 nitrogen and oxygen atoms in total. The van der Waals surface area contributed by atoms with Gasteiger partial charge in [-0.2, -0.15) is 0 Å². The second-order valence-corrected chi connectivity index (χ2v) is 15.4. The van der Waals surface area contributed by atoms with Gasteiger partial charge in [-0.25, -0.2) is 8.78 Å². The third-order valence-electron chi connectivity index (χ3n) is 8.59. The number of aromatic hydroxyl groups is 2. The molecule has 0 amide bonds. The summed E-state index contributed by atoms with van der Waals surface area (Å²) in [6.07, 6.45) is 0. The van der Waals surface area contributed by atoms with Gasteiger partial charge < -0.3 is 10.2 Å². The predicted octanol–water partition coefficient (Wildman–Crippen LogP) is 8.70. The van der Waals surface area contributed by atoms with Gasteiger partial charge in [-0.05, 0) is 82.9 Å². The number of benzene rings is 4. The van der Waals surface area contributed by atoms with Crippen molar-refractivity contribution in [2.75, 3.05) is 0 Å². The highest BCUT2D eigenvalue weighted by molar-refractivity contribution is 7.09. The first-order valence-corrected chi connectivity index (χ1v) is 16.2. The largest absolute Gasteiger partial charge is 0.508 e. The minimum absolute atomic E-state index is 0.0829. The molecule has 0 aromatic heterocycles. The quantitative estimate of drug-likeness (QED) is 0.256. The summed E-state index contributed by atoms with van der Waals surface area (Å²) in [5.74, 6) is -1.09. The van der Waals surface area contributed by atoms with E-state index in [-0.39, 0.29) is 35.0 Å². The first kappa shape index (κ1) is 25.3.